The van der Waals surface area contributed by atoms with E-state index in [9.17, 15) is 18.0 Å². The average molecular weight is 411 g/mol. The zero-order valence-corrected chi connectivity index (χ0v) is 16.1. The largest absolute Gasteiger partial charge is 0.376 e. The molecular formula is C19H17N5O4S. The number of anilines is 4. The van der Waals surface area contributed by atoms with Gasteiger partial charge >= 0.3 is 0 Å². The molecule has 1 heterocycles. The molecule has 0 amide bonds. The molecule has 3 aromatic carbocycles. The normalized spacial score (nSPS) is 11.6. The standard InChI is InChI=1S/C19H17N5O4S/c1-29(27,28)24-13-4-2-3-11(7-13)9-20-16-17(19(26)18(16)25)23-12-5-6-14-15(8-12)22-10-21-14/h2-8,10,20,23-24H,9H2,1H3,(H,21,22). The SMILES string of the molecule is CS(=O)(=O)Nc1cccc(CNc2c(Nc3ccc4[nH]cnc4c3)c(=O)c2=O)c1. The van der Waals surface area contributed by atoms with E-state index >= 15 is 0 Å². The van der Waals surface area contributed by atoms with E-state index in [1.54, 1.807) is 42.7 Å². The summed E-state index contributed by atoms with van der Waals surface area (Å²) in [6, 6.07) is 12.1. The lowest BCUT2D eigenvalue weighted by Gasteiger charge is -2.15. The highest BCUT2D eigenvalue weighted by Crippen LogP contribution is 2.24. The zero-order valence-electron chi connectivity index (χ0n) is 15.3. The lowest BCUT2D eigenvalue weighted by molar-refractivity contribution is 0.607. The predicted octanol–water partition coefficient (Wildman–Crippen LogP) is 1.89. The van der Waals surface area contributed by atoms with Gasteiger partial charge in [-0.25, -0.2) is 13.4 Å². The number of fused-ring (bicyclic) bond motifs is 1. The molecule has 0 fully saturated rings. The number of benzene rings is 2. The Hall–Kier alpha value is -3.66. The molecule has 4 N–H and O–H groups in total. The van der Waals surface area contributed by atoms with Gasteiger partial charge in [-0.05, 0) is 35.9 Å². The van der Waals surface area contributed by atoms with E-state index in [0.717, 1.165) is 22.9 Å². The molecule has 0 radical (unpaired) electrons. The van der Waals surface area contributed by atoms with Gasteiger partial charge in [0.25, 0.3) is 10.9 Å². The Kier molecular flexibility index (Phi) is 4.55. The minimum Gasteiger partial charge on any atom is -0.376 e. The average Bonchev–Trinajstić information content (AvgIpc) is 3.13. The minimum absolute atomic E-state index is 0.190. The molecule has 1 aromatic heterocycles. The predicted molar refractivity (Wildman–Crippen MR) is 113 cm³/mol. The molecule has 0 aliphatic heterocycles. The van der Waals surface area contributed by atoms with Gasteiger partial charge in [-0.1, -0.05) is 12.1 Å². The van der Waals surface area contributed by atoms with Gasteiger partial charge in [0.15, 0.2) is 0 Å². The van der Waals surface area contributed by atoms with Crippen LogP contribution in [-0.4, -0.2) is 24.6 Å². The molecular weight excluding hydrogens is 394 g/mol. The first-order valence-electron chi connectivity index (χ1n) is 8.64. The van der Waals surface area contributed by atoms with Crippen LogP contribution in [0.15, 0.2) is 58.4 Å². The van der Waals surface area contributed by atoms with E-state index in [2.05, 4.69) is 25.3 Å². The summed E-state index contributed by atoms with van der Waals surface area (Å²) >= 11 is 0. The molecule has 148 valence electrons. The van der Waals surface area contributed by atoms with E-state index in [1.807, 2.05) is 6.07 Å². The molecule has 10 heteroatoms. The first kappa shape index (κ1) is 18.7. The van der Waals surface area contributed by atoms with Gasteiger partial charge in [-0.15, -0.1) is 0 Å². The number of aromatic amines is 1. The Balaban J connectivity index is 1.50. The smallest absolute Gasteiger partial charge is 0.253 e. The van der Waals surface area contributed by atoms with E-state index in [4.69, 9.17) is 0 Å². The Morgan fingerprint density at radius 2 is 1.79 bits per heavy atom. The van der Waals surface area contributed by atoms with Crippen LogP contribution in [-0.2, 0) is 16.6 Å². The van der Waals surface area contributed by atoms with Crippen molar-refractivity contribution in [1.82, 2.24) is 9.97 Å². The number of nitrogens with one attached hydrogen (secondary N) is 4. The number of aromatic nitrogens is 2. The summed E-state index contributed by atoms with van der Waals surface area (Å²) in [7, 11) is -3.39. The van der Waals surface area contributed by atoms with Gasteiger partial charge in [-0.2, -0.15) is 0 Å². The monoisotopic (exact) mass is 411 g/mol. The van der Waals surface area contributed by atoms with Crippen LogP contribution in [0.2, 0.25) is 0 Å². The maximum atomic E-state index is 12.0. The topological polar surface area (TPSA) is 133 Å². The number of H-pyrrole nitrogens is 1. The summed E-state index contributed by atoms with van der Waals surface area (Å²) in [6.45, 7) is 0.247. The van der Waals surface area contributed by atoms with Crippen LogP contribution in [0.3, 0.4) is 0 Å². The van der Waals surface area contributed by atoms with Crippen molar-refractivity contribution in [2.75, 3.05) is 21.6 Å². The van der Waals surface area contributed by atoms with Gasteiger partial charge in [0.05, 0.1) is 23.6 Å². The van der Waals surface area contributed by atoms with Crippen molar-refractivity contribution in [2.24, 2.45) is 0 Å². The highest BCUT2D eigenvalue weighted by Gasteiger charge is 2.21. The molecule has 9 nitrogen and oxygen atoms in total. The third-order valence-corrected chi connectivity index (χ3v) is 4.91. The number of hydrogen-bond acceptors (Lipinski definition) is 7. The van der Waals surface area contributed by atoms with Crippen molar-refractivity contribution in [3.05, 3.63) is 74.8 Å². The number of hydrogen-bond donors (Lipinski definition) is 4. The molecule has 4 rings (SSSR count). The van der Waals surface area contributed by atoms with Crippen LogP contribution in [0.25, 0.3) is 11.0 Å². The summed E-state index contributed by atoms with van der Waals surface area (Å²) in [4.78, 5) is 31.1. The van der Waals surface area contributed by atoms with Gasteiger partial charge in [0.1, 0.15) is 11.4 Å². The number of sulfonamides is 1. The van der Waals surface area contributed by atoms with Gasteiger partial charge in [-0.3, -0.25) is 14.3 Å². The first-order valence-corrected chi connectivity index (χ1v) is 10.5. The van der Waals surface area contributed by atoms with Gasteiger partial charge in [0, 0.05) is 17.9 Å². The second-order valence-corrected chi connectivity index (χ2v) is 8.34. The third-order valence-electron chi connectivity index (χ3n) is 4.30. The molecule has 4 aromatic rings. The van der Waals surface area contributed by atoms with Crippen LogP contribution in [0.5, 0.6) is 0 Å². The Labute approximate surface area is 165 Å². The molecule has 0 saturated heterocycles. The quantitative estimate of drug-likeness (QED) is 0.341. The van der Waals surface area contributed by atoms with Crippen LogP contribution in [0.1, 0.15) is 5.56 Å². The van der Waals surface area contributed by atoms with Crippen molar-refractivity contribution in [1.29, 1.82) is 0 Å². The molecule has 0 aliphatic carbocycles. The van der Waals surface area contributed by atoms with Crippen molar-refractivity contribution in [2.45, 2.75) is 6.54 Å². The van der Waals surface area contributed by atoms with Crippen LogP contribution in [0, 0.1) is 0 Å². The van der Waals surface area contributed by atoms with Gasteiger partial charge in [0.2, 0.25) is 10.0 Å². The highest BCUT2D eigenvalue weighted by molar-refractivity contribution is 7.92. The number of nitrogens with zero attached hydrogens (tertiary/aromatic N) is 1. The number of rotatable bonds is 7. The van der Waals surface area contributed by atoms with Crippen LogP contribution >= 0.6 is 0 Å². The van der Waals surface area contributed by atoms with E-state index in [-0.39, 0.29) is 17.9 Å². The molecule has 0 aliphatic rings. The van der Waals surface area contributed by atoms with Crippen molar-refractivity contribution < 1.29 is 8.42 Å². The molecule has 0 spiro atoms. The zero-order chi connectivity index (χ0) is 20.6. The molecule has 0 bridgehead atoms. The summed E-state index contributed by atoms with van der Waals surface area (Å²) < 4.78 is 25.1. The second kappa shape index (κ2) is 7.06. The lowest BCUT2D eigenvalue weighted by atomic mass is 10.1. The van der Waals surface area contributed by atoms with Crippen LogP contribution in [0.4, 0.5) is 22.7 Å². The van der Waals surface area contributed by atoms with Crippen LogP contribution < -0.4 is 26.2 Å². The molecule has 0 unspecified atom stereocenters. The van der Waals surface area contributed by atoms with Crippen molar-refractivity contribution in [3.63, 3.8) is 0 Å². The minimum atomic E-state index is -3.39. The fraction of sp³-hybridized carbons (Fsp3) is 0.105. The van der Waals surface area contributed by atoms with E-state index in [1.165, 1.54) is 0 Å². The maximum Gasteiger partial charge on any atom is 0.253 e. The Morgan fingerprint density at radius 1 is 1.00 bits per heavy atom. The van der Waals surface area contributed by atoms with Crippen molar-refractivity contribution >= 4 is 43.8 Å². The Bertz CT molecular complexity index is 1380. The van der Waals surface area contributed by atoms with Crippen molar-refractivity contribution in [3.8, 4) is 0 Å². The fourth-order valence-electron chi connectivity index (χ4n) is 2.98. The van der Waals surface area contributed by atoms with Gasteiger partial charge < -0.3 is 15.6 Å². The molecule has 0 atom stereocenters. The summed E-state index contributed by atoms with van der Waals surface area (Å²) in [5.41, 5.74) is 2.59. The van der Waals surface area contributed by atoms with E-state index in [0.29, 0.717) is 11.4 Å². The molecule has 29 heavy (non-hydrogen) atoms. The molecule has 0 saturated carbocycles. The summed E-state index contributed by atoms with van der Waals surface area (Å²) in [6.07, 6.45) is 2.64. The first-order chi connectivity index (χ1) is 13.8. The van der Waals surface area contributed by atoms with E-state index < -0.39 is 20.9 Å². The highest BCUT2D eigenvalue weighted by atomic mass is 32.2. The summed E-state index contributed by atoms with van der Waals surface area (Å²) in [5.74, 6) is 0. The number of imidazole rings is 1. The third kappa shape index (κ3) is 3.97. The second-order valence-electron chi connectivity index (χ2n) is 6.60. The fourth-order valence-corrected chi connectivity index (χ4v) is 3.54. The summed E-state index contributed by atoms with van der Waals surface area (Å²) in [5, 5.41) is 5.93. The Morgan fingerprint density at radius 3 is 2.59 bits per heavy atom. The lowest BCUT2D eigenvalue weighted by Crippen LogP contribution is -2.36. The maximum absolute atomic E-state index is 12.0.